The van der Waals surface area contributed by atoms with Crippen molar-refractivity contribution in [2.24, 2.45) is 0 Å². The molecule has 2 rings (SSSR count). The van der Waals surface area contributed by atoms with Gasteiger partial charge in [-0.2, -0.15) is 0 Å². The molecule has 1 heterocycles. The zero-order chi connectivity index (χ0) is 14.7. The average Bonchev–Trinajstić information content (AvgIpc) is 2.47. The number of aromatic hydroxyl groups is 1. The molecule has 5 nitrogen and oxygen atoms in total. The van der Waals surface area contributed by atoms with E-state index in [4.69, 9.17) is 0 Å². The molecule has 106 valence electrons. The Morgan fingerprint density at radius 3 is 2.70 bits per heavy atom. The first kappa shape index (κ1) is 14.1. The monoisotopic (exact) mass is 274 g/mol. The van der Waals surface area contributed by atoms with Crippen LogP contribution in [0, 0.1) is 0 Å². The number of pyridine rings is 1. The fourth-order valence-corrected chi connectivity index (χ4v) is 2.26. The summed E-state index contributed by atoms with van der Waals surface area (Å²) in [5.74, 6) is -0.818. The Labute approximate surface area is 116 Å². The van der Waals surface area contributed by atoms with Crippen LogP contribution in [0.1, 0.15) is 30.1 Å². The number of carbonyl (C=O) groups is 1. The highest BCUT2D eigenvalue weighted by molar-refractivity contribution is 6.02. The Morgan fingerprint density at radius 1 is 1.35 bits per heavy atom. The maximum absolute atomic E-state index is 12.5. The first-order valence-corrected chi connectivity index (χ1v) is 6.68. The second-order valence-electron chi connectivity index (χ2n) is 4.63. The van der Waals surface area contributed by atoms with Crippen molar-refractivity contribution in [2.75, 3.05) is 7.05 Å². The SMILES string of the molecule is CCCCn1c(=O)c(C(=O)NC)c(O)c2ccccc21. The Balaban J connectivity index is 2.81. The molecule has 2 N–H and O–H groups in total. The average molecular weight is 274 g/mol. The largest absolute Gasteiger partial charge is 0.506 e. The number of aromatic nitrogens is 1. The molecule has 1 amide bonds. The lowest BCUT2D eigenvalue weighted by Gasteiger charge is -2.14. The van der Waals surface area contributed by atoms with Gasteiger partial charge in [-0.3, -0.25) is 9.59 Å². The minimum atomic E-state index is -0.566. The van der Waals surface area contributed by atoms with Crippen LogP contribution in [-0.4, -0.2) is 22.6 Å². The number of para-hydroxylation sites is 1. The van der Waals surface area contributed by atoms with Crippen LogP contribution >= 0.6 is 0 Å². The van der Waals surface area contributed by atoms with E-state index in [0.717, 1.165) is 12.8 Å². The third-order valence-electron chi connectivity index (χ3n) is 3.34. The number of carbonyl (C=O) groups excluding carboxylic acids is 1. The maximum Gasteiger partial charge on any atom is 0.267 e. The second-order valence-corrected chi connectivity index (χ2v) is 4.63. The lowest BCUT2D eigenvalue weighted by molar-refractivity contribution is 0.0958. The highest BCUT2D eigenvalue weighted by Gasteiger charge is 2.20. The predicted molar refractivity (Wildman–Crippen MR) is 78.2 cm³/mol. The van der Waals surface area contributed by atoms with Gasteiger partial charge in [-0.25, -0.2) is 0 Å². The summed E-state index contributed by atoms with van der Waals surface area (Å²) in [6.45, 7) is 2.56. The first-order valence-electron chi connectivity index (χ1n) is 6.68. The Kier molecular flexibility index (Phi) is 4.08. The number of amides is 1. The van der Waals surface area contributed by atoms with Gasteiger partial charge >= 0.3 is 0 Å². The molecule has 0 aliphatic rings. The molecule has 0 radical (unpaired) electrons. The molecule has 5 heteroatoms. The van der Waals surface area contributed by atoms with Crippen molar-refractivity contribution < 1.29 is 9.90 Å². The molecular weight excluding hydrogens is 256 g/mol. The number of nitrogens with zero attached hydrogens (tertiary/aromatic N) is 1. The second kappa shape index (κ2) is 5.77. The summed E-state index contributed by atoms with van der Waals surface area (Å²) in [5, 5.41) is 13.1. The van der Waals surface area contributed by atoms with Crippen molar-refractivity contribution in [1.29, 1.82) is 0 Å². The van der Waals surface area contributed by atoms with Crippen LogP contribution in [0.25, 0.3) is 10.9 Å². The summed E-state index contributed by atoms with van der Waals surface area (Å²) in [7, 11) is 1.44. The van der Waals surface area contributed by atoms with Crippen molar-refractivity contribution in [3.8, 4) is 5.75 Å². The van der Waals surface area contributed by atoms with E-state index < -0.39 is 11.5 Å². The third-order valence-corrected chi connectivity index (χ3v) is 3.34. The van der Waals surface area contributed by atoms with Gasteiger partial charge in [0.25, 0.3) is 11.5 Å². The Bertz CT molecular complexity index is 704. The number of aryl methyl sites for hydroxylation is 1. The lowest BCUT2D eigenvalue weighted by Crippen LogP contribution is -2.31. The van der Waals surface area contributed by atoms with E-state index in [2.05, 4.69) is 5.32 Å². The van der Waals surface area contributed by atoms with Crippen molar-refractivity contribution in [1.82, 2.24) is 9.88 Å². The quantitative estimate of drug-likeness (QED) is 0.894. The van der Waals surface area contributed by atoms with E-state index >= 15 is 0 Å². The summed E-state index contributed by atoms with van der Waals surface area (Å²) < 4.78 is 1.56. The highest BCUT2D eigenvalue weighted by Crippen LogP contribution is 2.26. The Hall–Kier alpha value is -2.30. The van der Waals surface area contributed by atoms with Gasteiger partial charge in [0, 0.05) is 19.0 Å². The molecule has 0 unspecified atom stereocenters. The molecule has 1 aromatic heterocycles. The number of rotatable bonds is 4. The van der Waals surface area contributed by atoms with Gasteiger partial charge in [-0.05, 0) is 18.6 Å². The molecule has 0 saturated carbocycles. The predicted octanol–water partition coefficient (Wildman–Crippen LogP) is 1.87. The summed E-state index contributed by atoms with van der Waals surface area (Å²) in [5.41, 5.74) is 0.00686. The summed E-state index contributed by atoms with van der Waals surface area (Å²) in [4.78, 5) is 24.3. The van der Waals surface area contributed by atoms with Crippen molar-refractivity contribution in [3.05, 3.63) is 40.2 Å². The van der Waals surface area contributed by atoms with Gasteiger partial charge in [0.1, 0.15) is 11.3 Å². The minimum Gasteiger partial charge on any atom is -0.506 e. The molecule has 0 bridgehead atoms. The summed E-state index contributed by atoms with van der Waals surface area (Å²) in [6, 6.07) is 7.06. The van der Waals surface area contributed by atoms with Crippen molar-refractivity contribution in [3.63, 3.8) is 0 Å². The van der Waals surface area contributed by atoms with Crippen LogP contribution < -0.4 is 10.9 Å². The fourth-order valence-electron chi connectivity index (χ4n) is 2.26. The fraction of sp³-hybridized carbons (Fsp3) is 0.333. The van der Waals surface area contributed by atoms with Gasteiger partial charge in [-0.15, -0.1) is 0 Å². The molecule has 0 saturated heterocycles. The number of benzene rings is 1. The van der Waals surface area contributed by atoms with E-state index in [9.17, 15) is 14.7 Å². The van der Waals surface area contributed by atoms with E-state index in [1.165, 1.54) is 7.05 Å². The number of fused-ring (bicyclic) bond motifs is 1. The smallest absolute Gasteiger partial charge is 0.267 e. The normalized spacial score (nSPS) is 10.7. The van der Waals surface area contributed by atoms with Crippen LogP contribution in [0.5, 0.6) is 5.75 Å². The van der Waals surface area contributed by atoms with E-state index in [1.54, 1.807) is 22.8 Å². The number of unbranched alkanes of at least 4 members (excludes halogenated alkanes) is 1. The van der Waals surface area contributed by atoms with E-state index in [-0.39, 0.29) is 11.3 Å². The molecule has 0 fully saturated rings. The van der Waals surface area contributed by atoms with Crippen molar-refractivity contribution in [2.45, 2.75) is 26.3 Å². The highest BCUT2D eigenvalue weighted by atomic mass is 16.3. The lowest BCUT2D eigenvalue weighted by atomic mass is 10.1. The van der Waals surface area contributed by atoms with E-state index in [1.807, 2.05) is 13.0 Å². The van der Waals surface area contributed by atoms with Crippen LogP contribution in [0.4, 0.5) is 0 Å². The first-order chi connectivity index (χ1) is 9.61. The molecule has 0 aliphatic carbocycles. The molecule has 0 atom stereocenters. The Morgan fingerprint density at radius 2 is 2.05 bits per heavy atom. The number of hydrogen-bond acceptors (Lipinski definition) is 3. The summed E-state index contributed by atoms with van der Waals surface area (Å²) >= 11 is 0. The number of nitrogens with one attached hydrogen (secondary N) is 1. The molecular formula is C15H18N2O3. The maximum atomic E-state index is 12.5. The molecule has 1 aromatic carbocycles. The van der Waals surface area contributed by atoms with Gasteiger partial charge in [-0.1, -0.05) is 25.5 Å². The zero-order valence-corrected chi connectivity index (χ0v) is 11.6. The van der Waals surface area contributed by atoms with Crippen molar-refractivity contribution >= 4 is 16.8 Å². The summed E-state index contributed by atoms with van der Waals surface area (Å²) in [6.07, 6.45) is 1.78. The van der Waals surface area contributed by atoms with Crippen LogP contribution in [0.2, 0.25) is 0 Å². The molecule has 2 aromatic rings. The topological polar surface area (TPSA) is 71.3 Å². The molecule has 0 spiro atoms. The van der Waals surface area contributed by atoms with Crippen LogP contribution in [0.15, 0.2) is 29.1 Å². The molecule has 0 aliphatic heterocycles. The van der Waals surface area contributed by atoms with Gasteiger partial charge < -0.3 is 15.0 Å². The van der Waals surface area contributed by atoms with E-state index in [0.29, 0.717) is 17.4 Å². The zero-order valence-electron chi connectivity index (χ0n) is 11.6. The van der Waals surface area contributed by atoms with Gasteiger partial charge in [0.2, 0.25) is 0 Å². The van der Waals surface area contributed by atoms with Gasteiger partial charge in [0.15, 0.2) is 0 Å². The standard InChI is InChI=1S/C15H18N2O3/c1-3-4-9-17-11-8-6-5-7-10(11)13(18)12(15(17)20)14(19)16-2/h5-8,18H,3-4,9H2,1-2H3,(H,16,19). The van der Waals surface area contributed by atoms with Crippen LogP contribution in [0.3, 0.4) is 0 Å². The van der Waals surface area contributed by atoms with Gasteiger partial charge in [0.05, 0.1) is 5.52 Å². The molecule has 20 heavy (non-hydrogen) atoms. The van der Waals surface area contributed by atoms with Crippen LogP contribution in [-0.2, 0) is 6.54 Å². The number of hydrogen-bond donors (Lipinski definition) is 2. The minimum absolute atomic E-state index is 0.192. The third kappa shape index (κ3) is 2.27.